The van der Waals surface area contributed by atoms with E-state index in [1.807, 2.05) is 49.4 Å². The molecule has 2 unspecified atom stereocenters. The minimum absolute atomic E-state index is 0.232. The maximum atomic E-state index is 10.5. The molecule has 0 aliphatic carbocycles. The predicted octanol–water partition coefficient (Wildman–Crippen LogP) is 4.53. The molecular weight excluding hydrogens is 260 g/mol. The van der Waals surface area contributed by atoms with Gasteiger partial charge in [-0.05, 0) is 36.1 Å². The molecular formula is C19H24O2. The molecule has 2 aromatic carbocycles. The molecule has 21 heavy (non-hydrogen) atoms. The van der Waals surface area contributed by atoms with Crippen LogP contribution in [0.1, 0.15) is 43.9 Å². The molecule has 2 atom stereocenters. The summed E-state index contributed by atoms with van der Waals surface area (Å²) in [7, 11) is 0. The molecule has 0 bridgehead atoms. The van der Waals surface area contributed by atoms with Crippen LogP contribution in [0.15, 0.2) is 54.6 Å². The highest BCUT2D eigenvalue weighted by atomic mass is 16.5. The highest BCUT2D eigenvalue weighted by Crippen LogP contribution is 2.24. The van der Waals surface area contributed by atoms with Crippen LogP contribution in [-0.2, 0) is 6.42 Å². The van der Waals surface area contributed by atoms with Gasteiger partial charge < -0.3 is 9.84 Å². The predicted molar refractivity (Wildman–Crippen MR) is 86.5 cm³/mol. The van der Waals surface area contributed by atoms with E-state index >= 15 is 0 Å². The lowest BCUT2D eigenvalue weighted by Gasteiger charge is -2.23. The summed E-state index contributed by atoms with van der Waals surface area (Å²) >= 11 is 0. The molecule has 0 fully saturated rings. The van der Waals surface area contributed by atoms with Crippen LogP contribution in [0.25, 0.3) is 0 Å². The van der Waals surface area contributed by atoms with E-state index in [1.165, 1.54) is 5.56 Å². The topological polar surface area (TPSA) is 29.5 Å². The minimum atomic E-state index is -0.605. The van der Waals surface area contributed by atoms with Gasteiger partial charge in [0.25, 0.3) is 0 Å². The van der Waals surface area contributed by atoms with Gasteiger partial charge in [-0.3, -0.25) is 0 Å². The van der Waals surface area contributed by atoms with Crippen molar-refractivity contribution in [2.75, 3.05) is 0 Å². The third-order valence-corrected chi connectivity index (χ3v) is 3.65. The Kier molecular flexibility index (Phi) is 5.82. The van der Waals surface area contributed by atoms with Gasteiger partial charge in [-0.2, -0.15) is 0 Å². The maximum absolute atomic E-state index is 10.5. The fraction of sp³-hybridized carbons (Fsp3) is 0.368. The van der Waals surface area contributed by atoms with E-state index in [-0.39, 0.29) is 6.10 Å². The molecule has 0 spiro atoms. The Morgan fingerprint density at radius 2 is 1.62 bits per heavy atom. The fourth-order valence-electron chi connectivity index (χ4n) is 2.43. The highest BCUT2D eigenvalue weighted by molar-refractivity contribution is 5.28. The summed E-state index contributed by atoms with van der Waals surface area (Å²) in [5, 5.41) is 10.5. The van der Waals surface area contributed by atoms with Crippen molar-refractivity contribution in [2.24, 2.45) is 0 Å². The second kappa shape index (κ2) is 7.84. The van der Waals surface area contributed by atoms with Crippen LogP contribution in [0.2, 0.25) is 0 Å². The molecule has 0 radical (unpaired) electrons. The van der Waals surface area contributed by atoms with Gasteiger partial charge in [0.05, 0.1) is 0 Å². The van der Waals surface area contributed by atoms with Crippen molar-refractivity contribution in [3.05, 3.63) is 65.7 Å². The summed E-state index contributed by atoms with van der Waals surface area (Å²) in [6, 6.07) is 17.9. The molecule has 2 aromatic rings. The lowest BCUT2D eigenvalue weighted by Crippen LogP contribution is -2.24. The van der Waals surface area contributed by atoms with Crippen molar-refractivity contribution >= 4 is 0 Å². The zero-order valence-corrected chi connectivity index (χ0v) is 12.8. The zero-order valence-electron chi connectivity index (χ0n) is 12.8. The number of benzene rings is 2. The third kappa shape index (κ3) is 4.33. The van der Waals surface area contributed by atoms with E-state index in [9.17, 15) is 5.11 Å². The quantitative estimate of drug-likeness (QED) is 0.809. The van der Waals surface area contributed by atoms with Crippen LogP contribution >= 0.6 is 0 Å². The van der Waals surface area contributed by atoms with Crippen molar-refractivity contribution < 1.29 is 9.84 Å². The highest BCUT2D eigenvalue weighted by Gasteiger charge is 2.20. The smallest absolute Gasteiger partial charge is 0.128 e. The summed E-state index contributed by atoms with van der Waals surface area (Å²) in [5.74, 6) is 0.816. The molecule has 112 valence electrons. The van der Waals surface area contributed by atoms with E-state index in [2.05, 4.69) is 19.1 Å². The molecule has 2 nitrogen and oxygen atoms in total. The largest absolute Gasteiger partial charge is 0.487 e. The van der Waals surface area contributed by atoms with Crippen LogP contribution < -0.4 is 4.74 Å². The number of aryl methyl sites for hydroxylation is 1. The molecule has 2 heteroatoms. The first kappa shape index (κ1) is 15.6. The van der Waals surface area contributed by atoms with Crippen molar-refractivity contribution in [1.29, 1.82) is 0 Å². The Morgan fingerprint density at radius 1 is 0.952 bits per heavy atom. The summed E-state index contributed by atoms with van der Waals surface area (Å²) in [6.07, 6.45) is 2.15. The van der Waals surface area contributed by atoms with E-state index in [4.69, 9.17) is 4.74 Å². The number of ether oxygens (including phenoxy) is 1. The Morgan fingerprint density at radius 3 is 2.19 bits per heavy atom. The minimum Gasteiger partial charge on any atom is -0.487 e. The normalized spacial score (nSPS) is 13.7. The van der Waals surface area contributed by atoms with Gasteiger partial charge in [0.15, 0.2) is 0 Å². The average molecular weight is 284 g/mol. The molecule has 1 N–H and O–H groups in total. The van der Waals surface area contributed by atoms with Crippen molar-refractivity contribution in [3.63, 3.8) is 0 Å². The fourth-order valence-corrected chi connectivity index (χ4v) is 2.43. The molecule has 0 saturated heterocycles. The van der Waals surface area contributed by atoms with Gasteiger partial charge in [0.1, 0.15) is 18.0 Å². The second-order valence-electron chi connectivity index (χ2n) is 5.31. The van der Waals surface area contributed by atoms with E-state index in [0.717, 1.165) is 30.6 Å². The van der Waals surface area contributed by atoms with Gasteiger partial charge in [0, 0.05) is 0 Å². The first-order valence-electron chi connectivity index (χ1n) is 7.73. The lowest BCUT2D eigenvalue weighted by atomic mass is 10.0. The van der Waals surface area contributed by atoms with Gasteiger partial charge >= 0.3 is 0 Å². The van der Waals surface area contributed by atoms with Crippen LogP contribution in [0.4, 0.5) is 0 Å². The number of aliphatic hydroxyl groups excluding tert-OH is 1. The Balaban J connectivity index is 2.04. The molecule has 0 aliphatic rings. The maximum Gasteiger partial charge on any atom is 0.128 e. The van der Waals surface area contributed by atoms with Crippen molar-refractivity contribution in [2.45, 2.75) is 45.3 Å². The zero-order chi connectivity index (χ0) is 15.1. The van der Waals surface area contributed by atoms with E-state index < -0.39 is 6.10 Å². The van der Waals surface area contributed by atoms with Gasteiger partial charge in [-0.1, -0.05) is 62.7 Å². The summed E-state index contributed by atoms with van der Waals surface area (Å²) in [6.45, 7) is 4.20. The molecule has 0 saturated carbocycles. The lowest BCUT2D eigenvalue weighted by molar-refractivity contribution is 0.0332. The first-order chi connectivity index (χ1) is 10.2. The van der Waals surface area contributed by atoms with Gasteiger partial charge in [0.2, 0.25) is 0 Å². The molecule has 2 rings (SSSR count). The van der Waals surface area contributed by atoms with Crippen LogP contribution in [0.3, 0.4) is 0 Å². The Labute approximate surface area is 127 Å². The van der Waals surface area contributed by atoms with Crippen molar-refractivity contribution in [3.8, 4) is 5.75 Å². The molecule has 0 heterocycles. The molecule has 0 aliphatic heterocycles. The van der Waals surface area contributed by atoms with E-state index in [0.29, 0.717) is 0 Å². The molecule has 0 aromatic heterocycles. The van der Waals surface area contributed by atoms with Crippen LogP contribution in [0, 0.1) is 0 Å². The van der Waals surface area contributed by atoms with Crippen LogP contribution in [-0.4, -0.2) is 11.2 Å². The summed E-state index contributed by atoms with van der Waals surface area (Å²) in [4.78, 5) is 0. The first-order valence-corrected chi connectivity index (χ1v) is 7.73. The average Bonchev–Trinajstić information content (AvgIpc) is 2.54. The third-order valence-electron chi connectivity index (χ3n) is 3.65. The molecule has 0 amide bonds. The number of aliphatic hydroxyl groups is 1. The van der Waals surface area contributed by atoms with Gasteiger partial charge in [-0.25, -0.2) is 0 Å². The number of hydrogen-bond acceptors (Lipinski definition) is 2. The number of hydrogen-bond donors (Lipinski definition) is 1. The monoisotopic (exact) mass is 284 g/mol. The summed E-state index contributed by atoms with van der Waals surface area (Å²) in [5.41, 5.74) is 2.22. The standard InChI is InChI=1S/C19H24O2/c1-3-8-15-11-13-17(14-12-15)21-18(4-2)19(20)16-9-6-5-7-10-16/h5-7,9-14,18-20H,3-4,8H2,1-2H3. The summed E-state index contributed by atoms with van der Waals surface area (Å²) < 4.78 is 5.96. The van der Waals surface area contributed by atoms with Crippen molar-refractivity contribution in [1.82, 2.24) is 0 Å². The second-order valence-corrected chi connectivity index (χ2v) is 5.31. The van der Waals surface area contributed by atoms with Crippen LogP contribution in [0.5, 0.6) is 5.75 Å². The SMILES string of the molecule is CCCc1ccc(OC(CC)C(O)c2ccccc2)cc1. The Hall–Kier alpha value is -1.80. The van der Waals surface area contributed by atoms with E-state index in [1.54, 1.807) is 0 Å². The number of rotatable bonds is 7. The Bertz CT molecular complexity index is 519. The van der Waals surface area contributed by atoms with Gasteiger partial charge in [-0.15, -0.1) is 0 Å².